The van der Waals surface area contributed by atoms with Crippen LogP contribution in [0.2, 0.25) is 0 Å². The monoisotopic (exact) mass is 1210 g/mol. The van der Waals surface area contributed by atoms with Gasteiger partial charge < -0.3 is 46.8 Å². The fourth-order valence-electron chi connectivity index (χ4n) is 12.8. The summed E-state index contributed by atoms with van der Waals surface area (Å²) < 4.78 is 3.81. The van der Waals surface area contributed by atoms with Crippen molar-refractivity contribution in [3.05, 3.63) is 131 Å². The Balaban J connectivity index is 0.000000335. The minimum Gasteiger partial charge on any atom is -0.395 e. The van der Waals surface area contributed by atoms with Crippen LogP contribution in [0.15, 0.2) is 97.3 Å². The second-order valence-electron chi connectivity index (χ2n) is 24.4. The minimum atomic E-state index is -0.715. The van der Waals surface area contributed by atoms with Gasteiger partial charge in [-0.3, -0.25) is 38.1 Å². The SMILES string of the molecule is CCCN[C@@H](C)C(=O)N[C@H]1CCCC[C@H]2CC[C@@H](C(=O)NC)N2C1=O.C[C@@H](c1ccccc1)c1cn(CCCCc2ccc(CCCCn3cc([C@H](NC(=O)[C@@H]4CC[C@@H]5CCCC[C@H](NC(=O)[C@H](C)NCCO)C(=O)N54)c4ccccc4)nn3)cc2)nn1. The second kappa shape index (κ2) is 33.8. The molecule has 0 aliphatic carbocycles. The number of nitrogens with zero attached hydrogens (tertiary/aromatic N) is 8. The van der Waals surface area contributed by atoms with Crippen LogP contribution in [0.5, 0.6) is 0 Å². The summed E-state index contributed by atoms with van der Waals surface area (Å²) in [6.07, 6.45) is 20.4. The van der Waals surface area contributed by atoms with Crippen LogP contribution in [0.1, 0.15) is 182 Å². The van der Waals surface area contributed by atoms with Crippen molar-refractivity contribution in [2.24, 2.45) is 0 Å². The van der Waals surface area contributed by atoms with Crippen molar-refractivity contribution in [3.63, 3.8) is 0 Å². The lowest BCUT2D eigenvalue weighted by atomic mass is 9.98. The van der Waals surface area contributed by atoms with E-state index >= 15 is 0 Å². The van der Waals surface area contributed by atoms with Crippen LogP contribution < -0.4 is 31.9 Å². The van der Waals surface area contributed by atoms with Crippen molar-refractivity contribution < 1.29 is 33.9 Å². The predicted molar refractivity (Wildman–Crippen MR) is 337 cm³/mol. The van der Waals surface area contributed by atoms with Gasteiger partial charge in [0.1, 0.15) is 29.9 Å². The molecule has 3 aromatic carbocycles. The van der Waals surface area contributed by atoms with E-state index in [1.54, 1.807) is 23.8 Å². The lowest BCUT2D eigenvalue weighted by Crippen LogP contribution is -2.58. The number of aliphatic hydroxyl groups is 1. The molecule has 7 N–H and O–H groups in total. The van der Waals surface area contributed by atoms with Gasteiger partial charge in [-0.1, -0.05) is 135 Å². The van der Waals surface area contributed by atoms with Gasteiger partial charge in [-0.05, 0) is 139 Å². The van der Waals surface area contributed by atoms with Gasteiger partial charge in [-0.15, -0.1) is 10.2 Å². The Bertz CT molecular complexity index is 2990. The molecular weight excluding hydrogens is 1110 g/mol. The molecule has 0 bridgehead atoms. The molecule has 0 saturated carbocycles. The van der Waals surface area contributed by atoms with Gasteiger partial charge in [0.15, 0.2) is 0 Å². The van der Waals surface area contributed by atoms with Gasteiger partial charge in [0.05, 0.1) is 36.6 Å². The van der Waals surface area contributed by atoms with E-state index in [-0.39, 0.29) is 72.6 Å². The number of aromatic nitrogens is 6. The van der Waals surface area contributed by atoms with Crippen LogP contribution >= 0.6 is 0 Å². The standard InChI is InChI=1S/C49H64N10O4.C18H32N4O3/c1-35(39-17-5-3-6-18-39)43-33-57(55-53-43)30-13-11-15-37-23-25-38(26-24-37)16-12-14-31-58-34-44(54-56-58)46(40-19-7-4-8-20-40)52-48(62)45-28-27-41-21-9-10-22-42(49(63)59(41)45)51-47(61)36(2)50-29-32-60;1-4-11-20-12(2)16(23)21-14-8-6-5-7-13-9-10-15(17(24)19-3)22(13)18(14)25/h3-8,17-20,23-26,33-36,41-42,45-46,50,60H,9-16,21-22,27-32H2,1-2H3,(H,51,61)(H,52,62);12-15,20H,4-11H2,1-3H3,(H,19,24)(H,21,23)/t35-,36-,41-,42-,45-,46+;12-,13-,14-,15-/m00/s1. The van der Waals surface area contributed by atoms with E-state index in [9.17, 15) is 33.9 Å². The van der Waals surface area contributed by atoms with E-state index in [2.05, 4.69) is 114 Å². The highest BCUT2D eigenvalue weighted by molar-refractivity contribution is 5.95. The summed E-state index contributed by atoms with van der Waals surface area (Å²) in [6, 6.07) is 25.4. The van der Waals surface area contributed by atoms with Gasteiger partial charge in [0.2, 0.25) is 35.4 Å². The maximum Gasteiger partial charge on any atom is 0.246 e. The molecule has 4 aliphatic rings. The Morgan fingerprint density at radius 3 is 1.53 bits per heavy atom. The normalized spacial score (nSPS) is 21.6. The summed E-state index contributed by atoms with van der Waals surface area (Å²) in [5, 5.41) is 44.8. The van der Waals surface area contributed by atoms with E-state index in [0.717, 1.165) is 121 Å². The third-order valence-electron chi connectivity index (χ3n) is 18.0. The smallest absolute Gasteiger partial charge is 0.246 e. The maximum atomic E-state index is 14.2. The quantitative estimate of drug-likeness (QED) is 0.0289. The molecule has 5 aromatic rings. The molecule has 4 fully saturated rings. The molecular formula is C67H96N14O7. The lowest BCUT2D eigenvalue weighted by Gasteiger charge is -2.36. The number of amides is 6. The van der Waals surface area contributed by atoms with Crippen molar-refractivity contribution >= 4 is 35.4 Å². The number of aliphatic hydroxyl groups excluding tert-OH is 1. The van der Waals surface area contributed by atoms with Gasteiger partial charge in [0.25, 0.3) is 0 Å². The van der Waals surface area contributed by atoms with E-state index < -0.39 is 36.3 Å². The minimum absolute atomic E-state index is 0.0575. The van der Waals surface area contributed by atoms with E-state index in [1.165, 1.54) is 16.7 Å². The fourth-order valence-corrected chi connectivity index (χ4v) is 12.8. The summed E-state index contributed by atoms with van der Waals surface area (Å²) >= 11 is 0. The summed E-state index contributed by atoms with van der Waals surface area (Å²) in [5.74, 6) is -0.895. The Hall–Kier alpha value is -7.36. The van der Waals surface area contributed by atoms with Gasteiger partial charge >= 0.3 is 0 Å². The van der Waals surface area contributed by atoms with Crippen molar-refractivity contribution in [3.8, 4) is 0 Å². The zero-order chi connectivity index (χ0) is 62.4. The average Bonchev–Trinajstić information content (AvgIpc) is 4.45. The number of aryl methyl sites for hydroxylation is 4. The van der Waals surface area contributed by atoms with Gasteiger partial charge in [0, 0.05) is 50.9 Å². The molecule has 6 heterocycles. The molecule has 476 valence electrons. The van der Waals surface area contributed by atoms with E-state index in [4.69, 9.17) is 0 Å². The van der Waals surface area contributed by atoms with Crippen molar-refractivity contribution in [1.29, 1.82) is 0 Å². The molecule has 9 rings (SSSR count). The van der Waals surface area contributed by atoms with Crippen LogP contribution in [0.4, 0.5) is 0 Å². The Labute approximate surface area is 519 Å². The number of hydrogen-bond donors (Lipinski definition) is 7. The molecule has 4 saturated heterocycles. The van der Waals surface area contributed by atoms with Crippen molar-refractivity contribution in [2.75, 3.05) is 26.7 Å². The zero-order valence-corrected chi connectivity index (χ0v) is 52.5. The Morgan fingerprint density at radius 1 is 0.568 bits per heavy atom. The number of hydrogen-bond acceptors (Lipinski definition) is 13. The van der Waals surface area contributed by atoms with Gasteiger partial charge in [-0.2, -0.15) is 0 Å². The maximum absolute atomic E-state index is 14.2. The Morgan fingerprint density at radius 2 is 1.03 bits per heavy atom. The van der Waals surface area contributed by atoms with Crippen molar-refractivity contribution in [2.45, 2.75) is 223 Å². The third-order valence-corrected chi connectivity index (χ3v) is 18.0. The molecule has 0 radical (unpaired) electrons. The van der Waals surface area contributed by atoms with Crippen LogP contribution in [0, 0.1) is 0 Å². The van der Waals surface area contributed by atoms with Crippen LogP contribution in [0.3, 0.4) is 0 Å². The first-order chi connectivity index (χ1) is 42.8. The molecule has 0 unspecified atom stereocenters. The predicted octanol–water partition coefficient (Wildman–Crippen LogP) is 6.20. The van der Waals surface area contributed by atoms with E-state index in [1.807, 2.05) is 65.8 Å². The van der Waals surface area contributed by atoms with Crippen LogP contribution in [0.25, 0.3) is 0 Å². The van der Waals surface area contributed by atoms with Crippen LogP contribution in [-0.2, 0) is 54.7 Å². The number of benzene rings is 3. The number of unbranched alkanes of at least 4 members (excludes halogenated alkanes) is 2. The van der Waals surface area contributed by atoms with E-state index in [0.29, 0.717) is 37.9 Å². The van der Waals surface area contributed by atoms with Gasteiger partial charge in [-0.25, -0.2) is 0 Å². The molecule has 2 aromatic heterocycles. The number of carbonyl (C=O) groups excluding carboxylic acids is 6. The summed E-state index contributed by atoms with van der Waals surface area (Å²) in [7, 11) is 1.60. The average molecular weight is 1210 g/mol. The van der Waals surface area contributed by atoms with Crippen LogP contribution in [-0.4, -0.2) is 155 Å². The first-order valence-corrected chi connectivity index (χ1v) is 32.6. The molecule has 4 aliphatic heterocycles. The largest absolute Gasteiger partial charge is 0.395 e. The number of nitrogens with one attached hydrogen (secondary N) is 6. The first kappa shape index (κ1) is 66.6. The summed E-state index contributed by atoms with van der Waals surface area (Å²) in [6.45, 7) is 10.3. The topological polar surface area (TPSA) is 263 Å². The molecule has 10 atom stereocenters. The summed E-state index contributed by atoms with van der Waals surface area (Å²) in [4.78, 5) is 82.4. The summed E-state index contributed by atoms with van der Waals surface area (Å²) in [5.41, 5.74) is 6.43. The number of rotatable bonds is 27. The Kier molecular flexibility index (Phi) is 25.6. The highest BCUT2D eigenvalue weighted by atomic mass is 16.3. The molecule has 6 amide bonds. The second-order valence-corrected chi connectivity index (χ2v) is 24.4. The molecule has 21 nitrogen and oxygen atoms in total. The third kappa shape index (κ3) is 18.4. The number of likely N-dealkylation sites (N-methyl/N-ethyl adjacent to an activating group) is 1. The van der Waals surface area contributed by atoms with Crippen molar-refractivity contribution in [1.82, 2.24) is 71.7 Å². The fraction of sp³-hybridized carbons (Fsp3) is 0.582. The molecule has 21 heteroatoms. The highest BCUT2D eigenvalue weighted by Gasteiger charge is 2.46. The molecule has 0 spiro atoms. The lowest BCUT2D eigenvalue weighted by molar-refractivity contribution is -0.144. The number of fused-ring (bicyclic) bond motifs is 2. The zero-order valence-electron chi connectivity index (χ0n) is 52.5. The highest BCUT2D eigenvalue weighted by Crippen LogP contribution is 2.34. The number of carbonyl (C=O) groups is 6. The first-order valence-electron chi connectivity index (χ1n) is 32.6. The molecule has 88 heavy (non-hydrogen) atoms.